The van der Waals surface area contributed by atoms with Crippen LogP contribution in [0.2, 0.25) is 0 Å². The molecule has 3 rings (SSSR count). The van der Waals surface area contributed by atoms with Gasteiger partial charge in [0.25, 0.3) is 0 Å². The monoisotopic (exact) mass is 269 g/mol. The summed E-state index contributed by atoms with van der Waals surface area (Å²) in [6.45, 7) is 7.90. The highest BCUT2D eigenvalue weighted by Crippen LogP contribution is 2.37. The number of hydrogen-bond acceptors (Lipinski definition) is 2. The largest absolute Gasteiger partial charge is 0.348 e. The zero-order chi connectivity index (χ0) is 14.1. The standard InChI is InChI=1S/C17H23N3/c1-12(2)17-16-15(18-11-19-16)9-13(3)20(17)10-14-7-5-4-6-8-14/h4-8,11-13,17H,9-10H2,1-3H3,(H,18,19)/t13-,17-/m0/s1. The van der Waals surface area contributed by atoms with Crippen molar-refractivity contribution >= 4 is 0 Å². The molecule has 1 aromatic heterocycles. The molecule has 0 radical (unpaired) electrons. The molecule has 0 bridgehead atoms. The Morgan fingerprint density at radius 1 is 1.30 bits per heavy atom. The minimum absolute atomic E-state index is 0.403. The Morgan fingerprint density at radius 3 is 2.75 bits per heavy atom. The molecular weight excluding hydrogens is 246 g/mol. The quantitative estimate of drug-likeness (QED) is 0.924. The third-order valence-corrected chi connectivity index (χ3v) is 4.29. The number of nitrogens with zero attached hydrogens (tertiary/aromatic N) is 2. The maximum Gasteiger partial charge on any atom is 0.0925 e. The number of H-pyrrole nitrogens is 1. The molecular formula is C17H23N3. The van der Waals surface area contributed by atoms with E-state index in [2.05, 4.69) is 66.0 Å². The zero-order valence-electron chi connectivity index (χ0n) is 12.5. The first-order valence-corrected chi connectivity index (χ1v) is 7.48. The fourth-order valence-electron chi connectivity index (χ4n) is 3.34. The van der Waals surface area contributed by atoms with Crippen molar-refractivity contribution < 1.29 is 0 Å². The number of aromatic nitrogens is 2. The van der Waals surface area contributed by atoms with Crippen molar-refractivity contribution in [2.75, 3.05) is 0 Å². The van der Waals surface area contributed by atoms with E-state index in [-0.39, 0.29) is 0 Å². The molecule has 0 amide bonds. The highest BCUT2D eigenvalue weighted by molar-refractivity contribution is 5.23. The number of benzene rings is 1. The van der Waals surface area contributed by atoms with Crippen molar-refractivity contribution in [3.05, 3.63) is 53.6 Å². The van der Waals surface area contributed by atoms with Crippen LogP contribution in [0.3, 0.4) is 0 Å². The van der Waals surface area contributed by atoms with E-state index < -0.39 is 0 Å². The Balaban J connectivity index is 1.92. The average molecular weight is 269 g/mol. The third kappa shape index (κ3) is 2.38. The highest BCUT2D eigenvalue weighted by Gasteiger charge is 2.35. The van der Waals surface area contributed by atoms with Crippen LogP contribution in [0.4, 0.5) is 0 Å². The SMILES string of the molecule is CC(C)[C@H]1c2nc[nH]c2C[C@H](C)N1Cc1ccccc1. The topological polar surface area (TPSA) is 31.9 Å². The number of hydrogen-bond donors (Lipinski definition) is 1. The predicted octanol–water partition coefficient (Wildman–Crippen LogP) is 3.55. The summed E-state index contributed by atoms with van der Waals surface area (Å²) >= 11 is 0. The summed E-state index contributed by atoms with van der Waals surface area (Å²) in [6, 6.07) is 11.7. The second-order valence-electron chi connectivity index (χ2n) is 6.17. The first kappa shape index (κ1) is 13.4. The molecule has 2 atom stereocenters. The Morgan fingerprint density at radius 2 is 2.05 bits per heavy atom. The van der Waals surface area contributed by atoms with Crippen molar-refractivity contribution in [1.29, 1.82) is 0 Å². The van der Waals surface area contributed by atoms with Crippen molar-refractivity contribution in [2.24, 2.45) is 5.92 Å². The zero-order valence-corrected chi connectivity index (χ0v) is 12.5. The Hall–Kier alpha value is -1.61. The second kappa shape index (κ2) is 5.41. The van der Waals surface area contributed by atoms with E-state index >= 15 is 0 Å². The summed E-state index contributed by atoms with van der Waals surface area (Å²) in [5.41, 5.74) is 3.94. The summed E-state index contributed by atoms with van der Waals surface area (Å²) in [5, 5.41) is 0. The van der Waals surface area contributed by atoms with Crippen molar-refractivity contribution in [2.45, 2.75) is 45.8 Å². The molecule has 1 aliphatic heterocycles. The van der Waals surface area contributed by atoms with Crippen LogP contribution < -0.4 is 0 Å². The molecule has 106 valence electrons. The van der Waals surface area contributed by atoms with E-state index in [1.165, 1.54) is 17.0 Å². The number of rotatable bonds is 3. The molecule has 0 aliphatic carbocycles. The minimum Gasteiger partial charge on any atom is -0.348 e. The summed E-state index contributed by atoms with van der Waals surface area (Å²) < 4.78 is 0. The van der Waals surface area contributed by atoms with Gasteiger partial charge in [0.2, 0.25) is 0 Å². The van der Waals surface area contributed by atoms with Gasteiger partial charge in [0, 0.05) is 24.7 Å². The van der Waals surface area contributed by atoms with Gasteiger partial charge in [-0.1, -0.05) is 44.2 Å². The number of imidazole rings is 1. The summed E-state index contributed by atoms with van der Waals surface area (Å²) in [4.78, 5) is 10.5. The number of fused-ring (bicyclic) bond motifs is 1. The van der Waals surface area contributed by atoms with E-state index in [0.29, 0.717) is 18.0 Å². The van der Waals surface area contributed by atoms with Gasteiger partial charge in [-0.2, -0.15) is 0 Å². The first-order chi connectivity index (χ1) is 9.66. The maximum atomic E-state index is 4.59. The average Bonchev–Trinajstić information content (AvgIpc) is 2.87. The van der Waals surface area contributed by atoms with Gasteiger partial charge in [-0.15, -0.1) is 0 Å². The Bertz CT molecular complexity index is 559. The Labute approximate surface area is 121 Å². The molecule has 0 unspecified atom stereocenters. The van der Waals surface area contributed by atoms with Gasteiger partial charge in [-0.25, -0.2) is 4.98 Å². The second-order valence-corrected chi connectivity index (χ2v) is 6.17. The lowest BCUT2D eigenvalue weighted by atomic mass is 9.89. The van der Waals surface area contributed by atoms with Crippen molar-refractivity contribution in [1.82, 2.24) is 14.9 Å². The Kier molecular flexibility index (Phi) is 3.62. The highest BCUT2D eigenvalue weighted by atomic mass is 15.2. The van der Waals surface area contributed by atoms with Crippen LogP contribution >= 0.6 is 0 Å². The van der Waals surface area contributed by atoms with Crippen molar-refractivity contribution in [3.63, 3.8) is 0 Å². The van der Waals surface area contributed by atoms with E-state index in [9.17, 15) is 0 Å². The molecule has 3 heteroatoms. The van der Waals surface area contributed by atoms with Crippen LogP contribution in [-0.4, -0.2) is 20.9 Å². The molecule has 2 aromatic rings. The van der Waals surface area contributed by atoms with Gasteiger partial charge in [0.05, 0.1) is 18.1 Å². The molecule has 1 aliphatic rings. The molecule has 3 nitrogen and oxygen atoms in total. The predicted molar refractivity (Wildman–Crippen MR) is 81.3 cm³/mol. The number of aromatic amines is 1. The third-order valence-electron chi connectivity index (χ3n) is 4.29. The van der Waals surface area contributed by atoms with Gasteiger partial charge in [0.15, 0.2) is 0 Å². The fraction of sp³-hybridized carbons (Fsp3) is 0.471. The molecule has 1 N–H and O–H groups in total. The molecule has 20 heavy (non-hydrogen) atoms. The molecule has 2 heterocycles. The van der Waals surface area contributed by atoms with Crippen LogP contribution in [0.1, 0.15) is 43.8 Å². The number of nitrogens with one attached hydrogen (secondary N) is 1. The normalized spacial score (nSPS) is 23.0. The molecule has 0 spiro atoms. The molecule has 0 fully saturated rings. The molecule has 0 saturated heterocycles. The summed E-state index contributed by atoms with van der Waals surface area (Å²) in [5.74, 6) is 0.559. The van der Waals surface area contributed by atoms with Crippen LogP contribution in [0.25, 0.3) is 0 Å². The maximum absolute atomic E-state index is 4.59. The van der Waals surface area contributed by atoms with E-state index in [4.69, 9.17) is 0 Å². The van der Waals surface area contributed by atoms with E-state index in [1.54, 1.807) is 0 Å². The van der Waals surface area contributed by atoms with Gasteiger partial charge in [-0.3, -0.25) is 4.90 Å². The van der Waals surface area contributed by atoms with E-state index in [1.807, 2.05) is 6.33 Å². The molecule has 1 aromatic carbocycles. The van der Waals surface area contributed by atoms with Gasteiger partial charge < -0.3 is 4.98 Å². The lowest BCUT2D eigenvalue weighted by molar-refractivity contribution is 0.0830. The van der Waals surface area contributed by atoms with E-state index in [0.717, 1.165) is 13.0 Å². The smallest absolute Gasteiger partial charge is 0.0925 e. The minimum atomic E-state index is 0.403. The molecule has 0 saturated carbocycles. The first-order valence-electron chi connectivity index (χ1n) is 7.48. The van der Waals surface area contributed by atoms with Crippen LogP contribution in [0.15, 0.2) is 36.7 Å². The van der Waals surface area contributed by atoms with Gasteiger partial charge in [-0.05, 0) is 18.4 Å². The fourth-order valence-corrected chi connectivity index (χ4v) is 3.34. The van der Waals surface area contributed by atoms with Gasteiger partial charge in [0.1, 0.15) is 0 Å². The van der Waals surface area contributed by atoms with Crippen LogP contribution in [0, 0.1) is 5.92 Å². The lowest BCUT2D eigenvalue weighted by Crippen LogP contribution is -2.43. The summed E-state index contributed by atoms with van der Waals surface area (Å²) in [6.07, 6.45) is 2.91. The lowest BCUT2D eigenvalue weighted by Gasteiger charge is -2.42. The van der Waals surface area contributed by atoms with Gasteiger partial charge >= 0.3 is 0 Å². The summed E-state index contributed by atoms with van der Waals surface area (Å²) in [7, 11) is 0. The van der Waals surface area contributed by atoms with Crippen LogP contribution in [-0.2, 0) is 13.0 Å². The van der Waals surface area contributed by atoms with Crippen LogP contribution in [0.5, 0.6) is 0 Å². The van der Waals surface area contributed by atoms with Crippen molar-refractivity contribution in [3.8, 4) is 0 Å².